The van der Waals surface area contributed by atoms with Gasteiger partial charge in [0.2, 0.25) is 0 Å². The summed E-state index contributed by atoms with van der Waals surface area (Å²) in [5, 5.41) is 4.41. The van der Waals surface area contributed by atoms with Crippen LogP contribution in [0.1, 0.15) is 50.4 Å². The second-order valence-electron chi connectivity index (χ2n) is 7.90. The van der Waals surface area contributed by atoms with Gasteiger partial charge in [-0.1, -0.05) is 20.8 Å². The Bertz CT molecular complexity index is 756. The summed E-state index contributed by atoms with van der Waals surface area (Å²) in [6.07, 6.45) is 4.01. The Labute approximate surface area is 153 Å². The maximum Gasteiger partial charge on any atom is 0.277 e. The number of benzene rings is 1. The molecule has 0 heterocycles. The van der Waals surface area contributed by atoms with Crippen LogP contribution >= 0.6 is 0 Å². The van der Waals surface area contributed by atoms with Gasteiger partial charge in [-0.2, -0.15) is 5.10 Å². The van der Waals surface area contributed by atoms with Crippen LogP contribution in [0.3, 0.4) is 0 Å². The van der Waals surface area contributed by atoms with Crippen molar-refractivity contribution in [3.8, 4) is 11.5 Å². The SMILES string of the molecule is COc1ccc(C=O)cc1OCC(=O)N/N=C1\CC2CCC1(C)C2(C)C. The Morgan fingerprint density at radius 2 is 2.12 bits per heavy atom. The molecule has 1 aromatic rings. The van der Waals surface area contributed by atoms with Gasteiger partial charge in [0.05, 0.1) is 7.11 Å². The number of carbonyl (C=O) groups is 2. The van der Waals surface area contributed by atoms with Crippen LogP contribution in [0, 0.1) is 16.7 Å². The molecule has 6 heteroatoms. The lowest BCUT2D eigenvalue weighted by atomic mass is 9.70. The zero-order valence-electron chi connectivity index (χ0n) is 15.8. The van der Waals surface area contributed by atoms with Crippen molar-refractivity contribution in [1.29, 1.82) is 0 Å². The van der Waals surface area contributed by atoms with Crippen LogP contribution < -0.4 is 14.9 Å². The predicted octanol–water partition coefficient (Wildman–Crippen LogP) is 3.20. The molecule has 26 heavy (non-hydrogen) atoms. The van der Waals surface area contributed by atoms with Gasteiger partial charge in [0.1, 0.15) is 6.29 Å². The zero-order valence-corrected chi connectivity index (χ0v) is 15.8. The first-order chi connectivity index (χ1) is 12.3. The summed E-state index contributed by atoms with van der Waals surface area (Å²) >= 11 is 0. The Morgan fingerprint density at radius 1 is 1.35 bits per heavy atom. The predicted molar refractivity (Wildman–Crippen MR) is 98.7 cm³/mol. The number of amides is 1. The molecule has 6 nitrogen and oxygen atoms in total. The summed E-state index contributed by atoms with van der Waals surface area (Å²) in [4.78, 5) is 23.0. The first-order valence-corrected chi connectivity index (χ1v) is 8.93. The Morgan fingerprint density at radius 3 is 2.69 bits per heavy atom. The van der Waals surface area contributed by atoms with Gasteiger partial charge in [-0.25, -0.2) is 5.43 Å². The smallest absolute Gasteiger partial charge is 0.277 e. The fraction of sp³-hybridized carbons (Fsp3) is 0.550. The molecule has 1 amide bonds. The van der Waals surface area contributed by atoms with E-state index in [1.807, 2.05) is 0 Å². The van der Waals surface area contributed by atoms with Crippen LogP contribution in [0.4, 0.5) is 0 Å². The number of carbonyl (C=O) groups excluding carboxylic acids is 2. The number of methoxy groups -OCH3 is 1. The summed E-state index contributed by atoms with van der Waals surface area (Å²) in [6.45, 7) is 6.64. The summed E-state index contributed by atoms with van der Waals surface area (Å²) in [5.74, 6) is 1.12. The highest BCUT2D eigenvalue weighted by atomic mass is 16.5. The normalized spacial score (nSPS) is 27.4. The van der Waals surface area contributed by atoms with E-state index in [4.69, 9.17) is 9.47 Å². The van der Waals surface area contributed by atoms with Crippen molar-refractivity contribution in [3.05, 3.63) is 23.8 Å². The molecule has 3 rings (SSSR count). The molecule has 2 aliphatic rings. The van der Waals surface area contributed by atoms with Crippen LogP contribution in [-0.4, -0.2) is 31.6 Å². The average molecular weight is 358 g/mol. The van der Waals surface area contributed by atoms with Crippen LogP contribution in [0.2, 0.25) is 0 Å². The molecule has 2 atom stereocenters. The number of nitrogens with one attached hydrogen (secondary N) is 1. The fourth-order valence-corrected chi connectivity index (χ4v) is 4.28. The number of hydrogen-bond acceptors (Lipinski definition) is 5. The van der Waals surface area contributed by atoms with Gasteiger partial charge in [0.15, 0.2) is 18.1 Å². The van der Waals surface area contributed by atoms with Gasteiger partial charge in [0, 0.05) is 16.7 Å². The number of fused-ring (bicyclic) bond motifs is 2. The zero-order chi connectivity index (χ0) is 18.9. The molecule has 140 valence electrons. The third-order valence-electron chi connectivity index (χ3n) is 6.51. The van der Waals surface area contributed by atoms with E-state index in [2.05, 4.69) is 31.3 Å². The van der Waals surface area contributed by atoms with Crippen LogP contribution in [0.5, 0.6) is 11.5 Å². The molecule has 0 radical (unpaired) electrons. The summed E-state index contributed by atoms with van der Waals surface area (Å²) in [6, 6.07) is 4.81. The molecule has 2 fully saturated rings. The van der Waals surface area contributed by atoms with E-state index in [0.717, 1.165) is 24.8 Å². The standard InChI is InChI=1S/C20H26N2O4/c1-19(2)14-7-8-20(19,3)17(10-14)21-22-18(24)12-26-16-9-13(11-23)5-6-15(16)25-4/h5-6,9,11,14H,7-8,10,12H2,1-4H3,(H,22,24)/b21-17+. The molecule has 2 aliphatic carbocycles. The maximum absolute atomic E-state index is 12.1. The van der Waals surface area contributed by atoms with Crippen molar-refractivity contribution in [2.45, 2.75) is 40.0 Å². The lowest BCUT2D eigenvalue weighted by Crippen LogP contribution is -2.35. The molecular formula is C20H26N2O4. The van der Waals surface area contributed by atoms with Crippen molar-refractivity contribution in [2.75, 3.05) is 13.7 Å². The number of aldehydes is 1. The largest absolute Gasteiger partial charge is 0.493 e. The number of ether oxygens (including phenoxy) is 2. The fourth-order valence-electron chi connectivity index (χ4n) is 4.28. The number of rotatable bonds is 6. The molecule has 1 aromatic carbocycles. The molecule has 2 bridgehead atoms. The van der Waals surface area contributed by atoms with E-state index < -0.39 is 0 Å². The Hall–Kier alpha value is -2.37. The van der Waals surface area contributed by atoms with E-state index in [9.17, 15) is 9.59 Å². The minimum Gasteiger partial charge on any atom is -0.493 e. The second kappa shape index (κ2) is 6.74. The molecule has 0 saturated heterocycles. The highest BCUT2D eigenvalue weighted by Gasteiger charge is 2.59. The summed E-state index contributed by atoms with van der Waals surface area (Å²) in [5.41, 5.74) is 4.42. The average Bonchev–Trinajstić information content (AvgIpc) is 2.97. The Balaban J connectivity index is 1.62. The van der Waals surface area contributed by atoms with Crippen molar-refractivity contribution >= 4 is 17.9 Å². The molecule has 1 N–H and O–H groups in total. The lowest BCUT2D eigenvalue weighted by molar-refractivity contribution is -0.123. The van der Waals surface area contributed by atoms with Gasteiger partial charge in [-0.05, 0) is 48.8 Å². The molecule has 2 saturated carbocycles. The van der Waals surface area contributed by atoms with Gasteiger partial charge in [-0.15, -0.1) is 0 Å². The van der Waals surface area contributed by atoms with E-state index in [1.165, 1.54) is 13.5 Å². The van der Waals surface area contributed by atoms with E-state index in [0.29, 0.717) is 23.0 Å². The first kappa shape index (κ1) is 18.4. The first-order valence-electron chi connectivity index (χ1n) is 8.93. The maximum atomic E-state index is 12.1. The van der Waals surface area contributed by atoms with Crippen LogP contribution in [0.15, 0.2) is 23.3 Å². The molecular weight excluding hydrogens is 332 g/mol. The van der Waals surface area contributed by atoms with Crippen LogP contribution in [-0.2, 0) is 4.79 Å². The van der Waals surface area contributed by atoms with Crippen molar-refractivity contribution in [2.24, 2.45) is 21.8 Å². The minimum atomic E-state index is -0.333. The second-order valence-corrected chi connectivity index (χ2v) is 7.90. The number of hydrazone groups is 1. The molecule has 2 unspecified atom stereocenters. The topological polar surface area (TPSA) is 77.0 Å². The van der Waals surface area contributed by atoms with E-state index in [1.54, 1.807) is 18.2 Å². The minimum absolute atomic E-state index is 0.0489. The quantitative estimate of drug-likeness (QED) is 0.626. The molecule has 0 spiro atoms. The summed E-state index contributed by atoms with van der Waals surface area (Å²) in [7, 11) is 1.51. The van der Waals surface area contributed by atoms with Crippen molar-refractivity contribution in [1.82, 2.24) is 5.43 Å². The number of hydrogen-bond donors (Lipinski definition) is 1. The lowest BCUT2D eigenvalue weighted by Gasteiger charge is -2.34. The van der Waals surface area contributed by atoms with Crippen molar-refractivity contribution < 1.29 is 19.1 Å². The highest BCUT2D eigenvalue weighted by molar-refractivity contribution is 5.95. The van der Waals surface area contributed by atoms with E-state index >= 15 is 0 Å². The monoisotopic (exact) mass is 358 g/mol. The van der Waals surface area contributed by atoms with E-state index in [-0.39, 0.29) is 23.3 Å². The van der Waals surface area contributed by atoms with Gasteiger partial charge in [-0.3, -0.25) is 9.59 Å². The highest BCUT2D eigenvalue weighted by Crippen LogP contribution is 2.63. The summed E-state index contributed by atoms with van der Waals surface area (Å²) < 4.78 is 10.7. The third-order valence-corrected chi connectivity index (χ3v) is 6.51. The number of nitrogens with zero attached hydrogens (tertiary/aromatic N) is 1. The van der Waals surface area contributed by atoms with Crippen LogP contribution in [0.25, 0.3) is 0 Å². The molecule has 0 aliphatic heterocycles. The van der Waals surface area contributed by atoms with Crippen molar-refractivity contribution in [3.63, 3.8) is 0 Å². The van der Waals surface area contributed by atoms with Gasteiger partial charge < -0.3 is 9.47 Å². The Kier molecular flexibility index (Phi) is 4.78. The van der Waals surface area contributed by atoms with Gasteiger partial charge >= 0.3 is 0 Å². The third kappa shape index (κ3) is 2.97. The van der Waals surface area contributed by atoms with Gasteiger partial charge in [0.25, 0.3) is 5.91 Å². The molecule has 0 aromatic heterocycles.